The number of aromatic amines is 1. The van der Waals surface area contributed by atoms with Crippen LogP contribution in [0.4, 0.5) is 0 Å². The molecule has 1 aromatic heterocycles. The van der Waals surface area contributed by atoms with Crippen LogP contribution >= 0.6 is 15.9 Å². The van der Waals surface area contributed by atoms with E-state index >= 15 is 0 Å². The average molecular weight is 323 g/mol. The van der Waals surface area contributed by atoms with Gasteiger partial charge in [0.05, 0.1) is 5.69 Å². The number of aromatic carboxylic acids is 1. The van der Waals surface area contributed by atoms with E-state index in [1.165, 1.54) is 6.92 Å². The number of halogens is 1. The second kappa shape index (κ2) is 4.97. The van der Waals surface area contributed by atoms with Gasteiger partial charge in [0.2, 0.25) is 0 Å². The summed E-state index contributed by atoms with van der Waals surface area (Å²) in [5.74, 6) is -0.920. The Balaban J connectivity index is 2.61. The van der Waals surface area contributed by atoms with E-state index < -0.39 is 11.5 Å². The van der Waals surface area contributed by atoms with Gasteiger partial charge in [-0.2, -0.15) is 0 Å². The van der Waals surface area contributed by atoms with Crippen molar-refractivity contribution in [3.63, 3.8) is 0 Å². The second-order valence-electron chi connectivity index (χ2n) is 4.14. The van der Waals surface area contributed by atoms with Gasteiger partial charge in [-0.25, -0.2) is 9.78 Å². The summed E-state index contributed by atoms with van der Waals surface area (Å²) in [5.41, 5.74) is 1.00. The zero-order valence-electron chi connectivity index (χ0n) is 10.3. The Bertz CT molecular complexity index is 722. The van der Waals surface area contributed by atoms with E-state index in [9.17, 15) is 9.59 Å². The van der Waals surface area contributed by atoms with Crippen LogP contribution in [0.2, 0.25) is 0 Å². The predicted octanol–water partition coefficient (Wildman–Crippen LogP) is 2.51. The van der Waals surface area contributed by atoms with Crippen molar-refractivity contribution >= 4 is 21.9 Å². The van der Waals surface area contributed by atoms with Crippen molar-refractivity contribution in [3.05, 3.63) is 49.8 Å². The number of H-pyrrole nitrogens is 1. The number of nitrogens with one attached hydrogen (secondary N) is 1. The minimum absolute atomic E-state index is 0.197. The van der Waals surface area contributed by atoms with Crippen LogP contribution in [0.15, 0.2) is 27.5 Å². The van der Waals surface area contributed by atoms with Crippen LogP contribution in [0.1, 0.15) is 21.6 Å². The van der Waals surface area contributed by atoms with E-state index in [-0.39, 0.29) is 11.3 Å². The number of carbonyl (C=O) groups is 1. The normalized spacial score (nSPS) is 10.5. The molecule has 0 saturated carbocycles. The molecule has 6 heteroatoms. The Kier molecular flexibility index (Phi) is 3.53. The zero-order valence-corrected chi connectivity index (χ0v) is 11.9. The van der Waals surface area contributed by atoms with Crippen LogP contribution in [0.25, 0.3) is 11.4 Å². The van der Waals surface area contributed by atoms with Crippen LogP contribution < -0.4 is 5.56 Å². The van der Waals surface area contributed by atoms with Gasteiger partial charge in [0.25, 0.3) is 5.56 Å². The summed E-state index contributed by atoms with van der Waals surface area (Å²) < 4.78 is 0.896. The fourth-order valence-electron chi connectivity index (χ4n) is 1.71. The fraction of sp³-hybridized carbons (Fsp3) is 0.154. The van der Waals surface area contributed by atoms with Crippen LogP contribution in [0, 0.1) is 13.8 Å². The van der Waals surface area contributed by atoms with Gasteiger partial charge in [-0.1, -0.05) is 28.1 Å². The molecule has 0 radical (unpaired) electrons. The number of carboxylic acid groups (broad SMARTS) is 1. The molecule has 0 aliphatic carbocycles. The summed E-state index contributed by atoms with van der Waals surface area (Å²) in [7, 11) is 0. The van der Waals surface area contributed by atoms with E-state index in [1.54, 1.807) is 0 Å². The number of hydrogen-bond acceptors (Lipinski definition) is 3. The number of benzene rings is 1. The molecule has 0 fully saturated rings. The van der Waals surface area contributed by atoms with Gasteiger partial charge in [-0.3, -0.25) is 4.79 Å². The van der Waals surface area contributed by atoms with Gasteiger partial charge < -0.3 is 10.1 Å². The van der Waals surface area contributed by atoms with Crippen molar-refractivity contribution in [1.29, 1.82) is 0 Å². The Labute approximate surface area is 117 Å². The lowest BCUT2D eigenvalue weighted by atomic mass is 10.1. The first-order valence-corrected chi connectivity index (χ1v) is 6.30. The lowest BCUT2D eigenvalue weighted by Gasteiger charge is -2.06. The maximum Gasteiger partial charge on any atom is 0.343 e. The molecule has 19 heavy (non-hydrogen) atoms. The number of aryl methyl sites for hydroxylation is 2. The summed E-state index contributed by atoms with van der Waals surface area (Å²) in [6.07, 6.45) is 0. The van der Waals surface area contributed by atoms with Crippen LogP contribution in [0.3, 0.4) is 0 Å². The number of nitrogens with zero attached hydrogens (tertiary/aromatic N) is 1. The molecule has 2 rings (SSSR count). The summed E-state index contributed by atoms with van der Waals surface area (Å²) in [6, 6.07) is 5.53. The van der Waals surface area contributed by atoms with E-state index in [1.807, 2.05) is 25.1 Å². The van der Waals surface area contributed by atoms with E-state index in [4.69, 9.17) is 5.11 Å². The van der Waals surface area contributed by atoms with Gasteiger partial charge in [-0.05, 0) is 25.5 Å². The molecule has 0 aliphatic heterocycles. The molecule has 0 atom stereocenters. The van der Waals surface area contributed by atoms with Crippen LogP contribution in [0.5, 0.6) is 0 Å². The molecule has 2 aromatic rings. The van der Waals surface area contributed by atoms with Gasteiger partial charge in [0.15, 0.2) is 0 Å². The highest BCUT2D eigenvalue weighted by Gasteiger charge is 2.15. The van der Waals surface area contributed by atoms with E-state index in [0.29, 0.717) is 5.82 Å². The standard InChI is InChI=1S/C13H11BrN2O3/c1-6-3-4-8(5-9(6)14)11-15-7(2)10(13(18)19)12(17)16-11/h3-5H,1-2H3,(H,18,19)(H,15,16,17). The zero-order chi connectivity index (χ0) is 14.2. The van der Waals surface area contributed by atoms with E-state index in [2.05, 4.69) is 25.9 Å². The molecule has 0 unspecified atom stereocenters. The lowest BCUT2D eigenvalue weighted by Crippen LogP contribution is -2.21. The highest BCUT2D eigenvalue weighted by molar-refractivity contribution is 9.10. The molecular weight excluding hydrogens is 312 g/mol. The van der Waals surface area contributed by atoms with Crippen molar-refractivity contribution in [3.8, 4) is 11.4 Å². The van der Waals surface area contributed by atoms with E-state index in [0.717, 1.165) is 15.6 Å². The minimum atomic E-state index is -1.28. The monoisotopic (exact) mass is 322 g/mol. The number of aromatic nitrogens is 2. The quantitative estimate of drug-likeness (QED) is 0.889. The first-order chi connectivity index (χ1) is 8.90. The molecular formula is C13H11BrN2O3. The van der Waals surface area contributed by atoms with Crippen molar-refractivity contribution in [2.24, 2.45) is 0 Å². The SMILES string of the molecule is Cc1ccc(-c2nc(C)c(C(=O)O)c(=O)[nH]2)cc1Br. The maximum atomic E-state index is 11.7. The minimum Gasteiger partial charge on any atom is -0.477 e. The molecule has 5 nitrogen and oxygen atoms in total. The molecule has 0 bridgehead atoms. The van der Waals surface area contributed by atoms with Crippen LogP contribution in [-0.2, 0) is 0 Å². The highest BCUT2D eigenvalue weighted by atomic mass is 79.9. The molecule has 2 N–H and O–H groups in total. The highest BCUT2D eigenvalue weighted by Crippen LogP contribution is 2.23. The van der Waals surface area contributed by atoms with Gasteiger partial charge >= 0.3 is 5.97 Å². The Morgan fingerprint density at radius 1 is 1.37 bits per heavy atom. The Hall–Kier alpha value is -1.95. The van der Waals surface area contributed by atoms with Crippen molar-refractivity contribution in [1.82, 2.24) is 9.97 Å². The summed E-state index contributed by atoms with van der Waals surface area (Å²) in [4.78, 5) is 29.3. The van der Waals surface area contributed by atoms with Gasteiger partial charge in [0, 0.05) is 10.0 Å². The Morgan fingerprint density at radius 3 is 2.58 bits per heavy atom. The molecule has 1 aromatic carbocycles. The third-order valence-corrected chi connectivity index (χ3v) is 3.61. The third-order valence-electron chi connectivity index (χ3n) is 2.76. The average Bonchev–Trinajstić information content (AvgIpc) is 2.31. The Morgan fingerprint density at radius 2 is 2.05 bits per heavy atom. The predicted molar refractivity (Wildman–Crippen MR) is 74.4 cm³/mol. The first kappa shape index (κ1) is 13.5. The molecule has 0 amide bonds. The molecule has 0 saturated heterocycles. The summed E-state index contributed by atoms with van der Waals surface area (Å²) in [5, 5.41) is 8.92. The molecule has 0 spiro atoms. The van der Waals surface area contributed by atoms with Gasteiger partial charge in [-0.15, -0.1) is 0 Å². The summed E-state index contributed by atoms with van der Waals surface area (Å²) in [6.45, 7) is 3.45. The van der Waals surface area contributed by atoms with Crippen molar-refractivity contribution < 1.29 is 9.90 Å². The van der Waals surface area contributed by atoms with Crippen LogP contribution in [-0.4, -0.2) is 21.0 Å². The number of rotatable bonds is 2. The van der Waals surface area contributed by atoms with Gasteiger partial charge in [0.1, 0.15) is 11.4 Å². The third kappa shape index (κ3) is 2.58. The summed E-state index contributed by atoms with van der Waals surface area (Å²) >= 11 is 3.40. The molecule has 1 heterocycles. The first-order valence-electron chi connectivity index (χ1n) is 5.51. The second-order valence-corrected chi connectivity index (χ2v) is 5.00. The topological polar surface area (TPSA) is 83.0 Å². The van der Waals surface area contributed by atoms with Crippen molar-refractivity contribution in [2.75, 3.05) is 0 Å². The number of carboxylic acids is 1. The lowest BCUT2D eigenvalue weighted by molar-refractivity contribution is 0.0693. The smallest absolute Gasteiger partial charge is 0.343 e. The molecule has 0 aliphatic rings. The number of hydrogen-bond donors (Lipinski definition) is 2. The fourth-order valence-corrected chi connectivity index (χ4v) is 2.09. The molecule has 98 valence electrons. The maximum absolute atomic E-state index is 11.7. The largest absolute Gasteiger partial charge is 0.477 e. The van der Waals surface area contributed by atoms with Crippen molar-refractivity contribution in [2.45, 2.75) is 13.8 Å².